The van der Waals surface area contributed by atoms with Crippen LogP contribution in [0.25, 0.3) is 0 Å². The summed E-state index contributed by atoms with van der Waals surface area (Å²) in [6.45, 7) is 2.38. The van der Waals surface area contributed by atoms with E-state index in [-0.39, 0.29) is 11.2 Å². The molecule has 2 heterocycles. The van der Waals surface area contributed by atoms with Crippen LogP contribution in [0.15, 0.2) is 28.8 Å². The number of ether oxygens (including phenoxy) is 1. The topological polar surface area (TPSA) is 60.2 Å². The van der Waals surface area contributed by atoms with Crippen LogP contribution in [0.5, 0.6) is 0 Å². The number of hydrogen-bond donors (Lipinski definition) is 1. The molecular formula is C16H20FN3O2. The Kier molecular flexibility index (Phi) is 4.49. The summed E-state index contributed by atoms with van der Waals surface area (Å²) in [5.74, 6) is 0.951. The molecule has 1 aromatic heterocycles. The lowest BCUT2D eigenvalue weighted by Crippen LogP contribution is -2.43. The Balaban J connectivity index is 1.79. The van der Waals surface area contributed by atoms with Gasteiger partial charge in [-0.05, 0) is 43.6 Å². The molecule has 22 heavy (non-hydrogen) atoms. The van der Waals surface area contributed by atoms with Crippen LogP contribution in [0.1, 0.15) is 30.1 Å². The maximum absolute atomic E-state index is 13.2. The number of nitrogens with one attached hydrogen (secondary N) is 1. The highest BCUT2D eigenvalue weighted by Crippen LogP contribution is 2.32. The van der Waals surface area contributed by atoms with E-state index in [1.54, 1.807) is 13.2 Å². The molecule has 1 aliphatic heterocycles. The molecule has 3 rings (SSSR count). The van der Waals surface area contributed by atoms with Gasteiger partial charge in [0.25, 0.3) is 0 Å². The van der Waals surface area contributed by atoms with Crippen molar-refractivity contribution < 1.29 is 13.7 Å². The second kappa shape index (κ2) is 6.54. The van der Waals surface area contributed by atoms with Gasteiger partial charge in [-0.25, -0.2) is 4.39 Å². The number of methoxy groups -OCH3 is 1. The van der Waals surface area contributed by atoms with Crippen molar-refractivity contribution in [2.45, 2.75) is 24.7 Å². The maximum Gasteiger partial charge on any atom is 0.235 e. The first-order valence-corrected chi connectivity index (χ1v) is 7.49. The van der Waals surface area contributed by atoms with Crippen LogP contribution in [-0.4, -0.2) is 36.9 Å². The van der Waals surface area contributed by atoms with Gasteiger partial charge in [0.1, 0.15) is 5.82 Å². The molecule has 0 amide bonds. The normalized spacial score (nSPS) is 17.5. The number of piperidine rings is 1. The lowest BCUT2D eigenvalue weighted by atomic mass is 9.79. The quantitative estimate of drug-likeness (QED) is 0.916. The summed E-state index contributed by atoms with van der Waals surface area (Å²) in [7, 11) is 1.69. The Labute approximate surface area is 128 Å². The van der Waals surface area contributed by atoms with Crippen molar-refractivity contribution >= 4 is 0 Å². The number of hydrogen-bond acceptors (Lipinski definition) is 5. The number of nitrogens with zero attached hydrogens (tertiary/aromatic N) is 2. The SMILES string of the molecule is COCC1(c2nc(Cc3cccc(F)c3)no2)CCNCC1. The Morgan fingerprint density at radius 2 is 2.18 bits per heavy atom. The van der Waals surface area contributed by atoms with E-state index in [0.29, 0.717) is 24.7 Å². The van der Waals surface area contributed by atoms with Gasteiger partial charge in [-0.15, -0.1) is 0 Å². The third-order valence-corrected chi connectivity index (χ3v) is 4.15. The van der Waals surface area contributed by atoms with E-state index in [9.17, 15) is 4.39 Å². The Morgan fingerprint density at radius 1 is 1.36 bits per heavy atom. The van der Waals surface area contributed by atoms with Gasteiger partial charge < -0.3 is 14.6 Å². The third kappa shape index (κ3) is 3.18. The van der Waals surface area contributed by atoms with Gasteiger partial charge >= 0.3 is 0 Å². The van der Waals surface area contributed by atoms with Crippen molar-refractivity contribution in [2.24, 2.45) is 0 Å². The first-order valence-electron chi connectivity index (χ1n) is 7.49. The molecule has 0 atom stereocenters. The molecule has 0 radical (unpaired) electrons. The van der Waals surface area contributed by atoms with Gasteiger partial charge in [0.2, 0.25) is 5.89 Å². The summed E-state index contributed by atoms with van der Waals surface area (Å²) in [5.41, 5.74) is 0.617. The Bertz CT molecular complexity index is 618. The minimum Gasteiger partial charge on any atom is -0.384 e. The summed E-state index contributed by atoms with van der Waals surface area (Å²) < 4.78 is 24.1. The van der Waals surface area contributed by atoms with Gasteiger partial charge in [-0.3, -0.25) is 0 Å². The molecule has 1 N–H and O–H groups in total. The van der Waals surface area contributed by atoms with Crippen LogP contribution < -0.4 is 5.32 Å². The minimum absolute atomic E-state index is 0.215. The van der Waals surface area contributed by atoms with Gasteiger partial charge in [0, 0.05) is 13.5 Å². The summed E-state index contributed by atoms with van der Waals surface area (Å²) in [6, 6.07) is 6.46. The Hall–Kier alpha value is -1.79. The van der Waals surface area contributed by atoms with Crippen LogP contribution in [0.4, 0.5) is 4.39 Å². The van der Waals surface area contributed by atoms with Crippen molar-refractivity contribution in [2.75, 3.05) is 26.8 Å². The average molecular weight is 305 g/mol. The molecule has 1 saturated heterocycles. The van der Waals surface area contributed by atoms with Crippen molar-refractivity contribution in [1.29, 1.82) is 0 Å². The standard InChI is InChI=1S/C16H20FN3O2/c1-21-11-16(5-7-18-8-6-16)15-19-14(20-22-15)10-12-3-2-4-13(17)9-12/h2-4,9,18H,5-8,10-11H2,1H3. The molecule has 0 saturated carbocycles. The van der Waals surface area contributed by atoms with E-state index in [1.165, 1.54) is 12.1 Å². The highest BCUT2D eigenvalue weighted by atomic mass is 19.1. The number of benzene rings is 1. The van der Waals surface area contributed by atoms with E-state index < -0.39 is 0 Å². The number of rotatable bonds is 5. The monoisotopic (exact) mass is 305 g/mol. The van der Waals surface area contributed by atoms with Crippen molar-refractivity contribution in [3.8, 4) is 0 Å². The fraction of sp³-hybridized carbons (Fsp3) is 0.500. The molecule has 2 aromatic rings. The van der Waals surface area contributed by atoms with Crippen molar-refractivity contribution in [3.05, 3.63) is 47.4 Å². The molecule has 118 valence electrons. The lowest BCUT2D eigenvalue weighted by Gasteiger charge is -2.33. The smallest absolute Gasteiger partial charge is 0.235 e. The number of aromatic nitrogens is 2. The number of halogens is 1. The van der Waals surface area contributed by atoms with E-state index >= 15 is 0 Å². The van der Waals surface area contributed by atoms with Crippen LogP contribution in [-0.2, 0) is 16.6 Å². The second-order valence-corrected chi connectivity index (χ2v) is 5.79. The second-order valence-electron chi connectivity index (χ2n) is 5.79. The lowest BCUT2D eigenvalue weighted by molar-refractivity contribution is 0.0849. The van der Waals surface area contributed by atoms with Gasteiger partial charge in [0.05, 0.1) is 12.0 Å². The van der Waals surface area contributed by atoms with Gasteiger partial charge in [-0.1, -0.05) is 17.3 Å². The molecule has 6 heteroatoms. The summed E-state index contributed by atoms with van der Waals surface area (Å²) in [5, 5.41) is 7.39. The van der Waals surface area contributed by atoms with Crippen molar-refractivity contribution in [1.82, 2.24) is 15.5 Å². The van der Waals surface area contributed by atoms with Gasteiger partial charge in [0.15, 0.2) is 5.82 Å². The third-order valence-electron chi connectivity index (χ3n) is 4.15. The van der Waals surface area contributed by atoms with Crippen LogP contribution in [0, 0.1) is 5.82 Å². The average Bonchev–Trinajstić information content (AvgIpc) is 2.98. The molecule has 0 spiro atoms. The molecule has 1 aliphatic rings. The van der Waals surface area contributed by atoms with E-state index in [0.717, 1.165) is 31.5 Å². The summed E-state index contributed by atoms with van der Waals surface area (Å²) >= 11 is 0. The molecule has 1 aromatic carbocycles. The molecule has 1 fully saturated rings. The minimum atomic E-state index is -0.254. The highest BCUT2D eigenvalue weighted by molar-refractivity contribution is 5.20. The van der Waals surface area contributed by atoms with Crippen LogP contribution in [0.3, 0.4) is 0 Å². The maximum atomic E-state index is 13.2. The predicted octanol–water partition coefficient (Wildman–Crippen LogP) is 2.07. The van der Waals surface area contributed by atoms with Crippen LogP contribution >= 0.6 is 0 Å². The first-order chi connectivity index (χ1) is 10.7. The van der Waals surface area contributed by atoms with Crippen molar-refractivity contribution in [3.63, 3.8) is 0 Å². The first kappa shape index (κ1) is 15.1. The molecular weight excluding hydrogens is 285 g/mol. The zero-order valence-electron chi connectivity index (χ0n) is 12.6. The molecule has 0 unspecified atom stereocenters. The zero-order chi connectivity index (χ0) is 15.4. The van der Waals surface area contributed by atoms with Gasteiger partial charge in [-0.2, -0.15) is 4.98 Å². The fourth-order valence-corrected chi connectivity index (χ4v) is 2.97. The van der Waals surface area contributed by atoms with E-state index in [2.05, 4.69) is 15.5 Å². The largest absolute Gasteiger partial charge is 0.384 e. The predicted molar refractivity (Wildman–Crippen MR) is 79.2 cm³/mol. The zero-order valence-corrected chi connectivity index (χ0v) is 12.6. The molecule has 0 aliphatic carbocycles. The van der Waals surface area contributed by atoms with E-state index in [1.807, 2.05) is 6.07 Å². The Morgan fingerprint density at radius 3 is 2.91 bits per heavy atom. The van der Waals surface area contributed by atoms with E-state index in [4.69, 9.17) is 9.26 Å². The fourth-order valence-electron chi connectivity index (χ4n) is 2.97. The van der Waals surface area contributed by atoms with Crippen LogP contribution in [0.2, 0.25) is 0 Å². The highest BCUT2D eigenvalue weighted by Gasteiger charge is 2.39. The molecule has 0 bridgehead atoms. The summed E-state index contributed by atoms with van der Waals surface area (Å²) in [6.07, 6.45) is 2.27. The summed E-state index contributed by atoms with van der Waals surface area (Å²) in [4.78, 5) is 4.54. The molecule has 5 nitrogen and oxygen atoms in total.